The van der Waals surface area contributed by atoms with Crippen LogP contribution in [0.5, 0.6) is 0 Å². The Balaban J connectivity index is 2.23. The predicted octanol–water partition coefficient (Wildman–Crippen LogP) is 1.25. The number of nitrogens with one attached hydrogen (secondary N) is 1. The zero-order valence-corrected chi connectivity index (χ0v) is 5.76. The molecule has 0 spiro atoms. The van der Waals surface area contributed by atoms with Gasteiger partial charge in [-0.1, -0.05) is 12.2 Å². The molecule has 52 valence electrons. The van der Waals surface area contributed by atoms with E-state index in [0.29, 0.717) is 6.04 Å². The Labute approximate surface area is 55.9 Å². The standard InChI is InChI=1S/C7H13NO/c1-9-8-7-5-3-2-4-6-7/h3,5,7-8H,2,4,6H2,1H3. The first kappa shape index (κ1) is 6.78. The van der Waals surface area contributed by atoms with Gasteiger partial charge in [-0.05, 0) is 19.3 Å². The highest BCUT2D eigenvalue weighted by Gasteiger charge is 2.05. The van der Waals surface area contributed by atoms with Crippen LogP contribution >= 0.6 is 0 Å². The van der Waals surface area contributed by atoms with Gasteiger partial charge in [0.15, 0.2) is 0 Å². The molecule has 0 saturated carbocycles. The highest BCUT2D eigenvalue weighted by atomic mass is 16.6. The Bertz CT molecular complexity index is 101. The van der Waals surface area contributed by atoms with Crippen molar-refractivity contribution in [3.63, 3.8) is 0 Å². The van der Waals surface area contributed by atoms with Crippen LogP contribution in [0.2, 0.25) is 0 Å². The van der Waals surface area contributed by atoms with Crippen molar-refractivity contribution in [1.82, 2.24) is 5.48 Å². The molecule has 1 aliphatic rings. The lowest BCUT2D eigenvalue weighted by molar-refractivity contribution is 0.0698. The Morgan fingerprint density at radius 2 is 2.56 bits per heavy atom. The third kappa shape index (κ3) is 2.16. The topological polar surface area (TPSA) is 21.3 Å². The summed E-state index contributed by atoms with van der Waals surface area (Å²) < 4.78 is 0. The number of rotatable bonds is 2. The Morgan fingerprint density at radius 3 is 3.11 bits per heavy atom. The van der Waals surface area contributed by atoms with Gasteiger partial charge in [-0.15, -0.1) is 0 Å². The summed E-state index contributed by atoms with van der Waals surface area (Å²) in [5.74, 6) is 0. The summed E-state index contributed by atoms with van der Waals surface area (Å²) in [4.78, 5) is 4.78. The molecule has 0 heterocycles. The second-order valence-electron chi connectivity index (χ2n) is 2.29. The molecule has 1 N–H and O–H groups in total. The summed E-state index contributed by atoms with van der Waals surface area (Å²) in [5.41, 5.74) is 2.90. The quantitative estimate of drug-likeness (QED) is 0.445. The van der Waals surface area contributed by atoms with Crippen LogP contribution in [0.15, 0.2) is 12.2 Å². The van der Waals surface area contributed by atoms with E-state index in [-0.39, 0.29) is 0 Å². The molecule has 0 bridgehead atoms. The van der Waals surface area contributed by atoms with Crippen LogP contribution in [-0.4, -0.2) is 13.2 Å². The number of hydroxylamine groups is 1. The zero-order chi connectivity index (χ0) is 6.53. The Kier molecular flexibility index (Phi) is 2.74. The molecule has 2 heteroatoms. The zero-order valence-electron chi connectivity index (χ0n) is 5.76. The van der Waals surface area contributed by atoms with Gasteiger partial charge in [0.2, 0.25) is 0 Å². The van der Waals surface area contributed by atoms with E-state index in [1.165, 1.54) is 19.3 Å². The first-order valence-corrected chi connectivity index (χ1v) is 3.38. The average molecular weight is 127 g/mol. The molecule has 0 radical (unpaired) electrons. The van der Waals surface area contributed by atoms with E-state index >= 15 is 0 Å². The molecule has 0 amide bonds. The number of hydrogen-bond donors (Lipinski definition) is 1. The maximum atomic E-state index is 4.78. The van der Waals surface area contributed by atoms with Gasteiger partial charge in [0.25, 0.3) is 0 Å². The predicted molar refractivity (Wildman–Crippen MR) is 36.9 cm³/mol. The molecule has 0 fully saturated rings. The third-order valence-electron chi connectivity index (χ3n) is 1.52. The van der Waals surface area contributed by atoms with Crippen LogP contribution in [0.3, 0.4) is 0 Å². The molecule has 0 saturated heterocycles. The van der Waals surface area contributed by atoms with Crippen LogP contribution in [0.1, 0.15) is 19.3 Å². The van der Waals surface area contributed by atoms with E-state index in [9.17, 15) is 0 Å². The largest absolute Gasteiger partial charge is 0.305 e. The van der Waals surface area contributed by atoms with Crippen LogP contribution in [0, 0.1) is 0 Å². The third-order valence-corrected chi connectivity index (χ3v) is 1.52. The molecule has 2 nitrogen and oxygen atoms in total. The molecule has 9 heavy (non-hydrogen) atoms. The summed E-state index contributed by atoms with van der Waals surface area (Å²) in [6.07, 6.45) is 8.05. The van der Waals surface area contributed by atoms with Crippen LogP contribution < -0.4 is 5.48 Å². The lowest BCUT2D eigenvalue weighted by Gasteiger charge is -2.15. The van der Waals surface area contributed by atoms with Crippen LogP contribution in [-0.2, 0) is 4.84 Å². The van der Waals surface area contributed by atoms with Crippen molar-refractivity contribution < 1.29 is 4.84 Å². The molecule has 1 atom stereocenters. The second-order valence-corrected chi connectivity index (χ2v) is 2.29. The minimum atomic E-state index is 0.448. The van der Waals surface area contributed by atoms with Gasteiger partial charge in [-0.3, -0.25) is 0 Å². The summed E-state index contributed by atoms with van der Waals surface area (Å²) in [7, 11) is 1.66. The maximum Gasteiger partial charge on any atom is 0.0572 e. The van der Waals surface area contributed by atoms with E-state index in [1.807, 2.05) is 0 Å². The number of allylic oxidation sites excluding steroid dienone is 1. The fourth-order valence-electron chi connectivity index (χ4n) is 1.06. The van der Waals surface area contributed by atoms with Crippen molar-refractivity contribution in [3.05, 3.63) is 12.2 Å². The van der Waals surface area contributed by atoms with Crippen molar-refractivity contribution >= 4 is 0 Å². The first-order chi connectivity index (χ1) is 4.43. The van der Waals surface area contributed by atoms with Crippen LogP contribution in [0.4, 0.5) is 0 Å². The maximum absolute atomic E-state index is 4.78. The van der Waals surface area contributed by atoms with Crippen molar-refractivity contribution in [2.45, 2.75) is 25.3 Å². The highest BCUT2D eigenvalue weighted by Crippen LogP contribution is 2.09. The molecule has 0 aromatic rings. The van der Waals surface area contributed by atoms with E-state index < -0.39 is 0 Å². The van der Waals surface area contributed by atoms with Gasteiger partial charge in [0.05, 0.1) is 13.2 Å². The molecule has 0 aliphatic heterocycles. The minimum absolute atomic E-state index is 0.448. The Hall–Kier alpha value is -0.340. The van der Waals surface area contributed by atoms with Crippen molar-refractivity contribution in [2.24, 2.45) is 0 Å². The van der Waals surface area contributed by atoms with Crippen LogP contribution in [0.25, 0.3) is 0 Å². The van der Waals surface area contributed by atoms with Gasteiger partial charge in [0.1, 0.15) is 0 Å². The molecule has 1 aliphatic carbocycles. The fraction of sp³-hybridized carbons (Fsp3) is 0.714. The summed E-state index contributed by atoms with van der Waals surface area (Å²) in [6.45, 7) is 0. The molecule has 0 aromatic heterocycles. The van der Waals surface area contributed by atoms with E-state index in [0.717, 1.165) is 0 Å². The molecule has 1 unspecified atom stereocenters. The average Bonchev–Trinajstić information content (AvgIpc) is 1.91. The monoisotopic (exact) mass is 127 g/mol. The second kappa shape index (κ2) is 3.64. The van der Waals surface area contributed by atoms with Gasteiger partial charge >= 0.3 is 0 Å². The van der Waals surface area contributed by atoms with E-state index in [2.05, 4.69) is 17.6 Å². The van der Waals surface area contributed by atoms with Crippen molar-refractivity contribution in [3.8, 4) is 0 Å². The summed E-state index contributed by atoms with van der Waals surface area (Å²) in [5, 5.41) is 0. The van der Waals surface area contributed by atoms with Crippen molar-refractivity contribution in [2.75, 3.05) is 7.11 Å². The van der Waals surface area contributed by atoms with E-state index in [1.54, 1.807) is 7.11 Å². The lowest BCUT2D eigenvalue weighted by Crippen LogP contribution is -2.26. The van der Waals surface area contributed by atoms with Gasteiger partial charge in [0, 0.05) is 0 Å². The molecular weight excluding hydrogens is 114 g/mol. The highest BCUT2D eigenvalue weighted by molar-refractivity contribution is 4.95. The Morgan fingerprint density at radius 1 is 1.67 bits per heavy atom. The molecule has 0 aromatic carbocycles. The lowest BCUT2D eigenvalue weighted by atomic mass is 10.0. The first-order valence-electron chi connectivity index (χ1n) is 3.38. The van der Waals surface area contributed by atoms with Crippen molar-refractivity contribution in [1.29, 1.82) is 0 Å². The van der Waals surface area contributed by atoms with Gasteiger partial charge in [-0.2, -0.15) is 5.48 Å². The van der Waals surface area contributed by atoms with Gasteiger partial charge in [-0.25, -0.2) is 0 Å². The summed E-state index contributed by atoms with van der Waals surface area (Å²) >= 11 is 0. The fourth-order valence-corrected chi connectivity index (χ4v) is 1.06. The normalized spacial score (nSPS) is 26.6. The smallest absolute Gasteiger partial charge is 0.0572 e. The summed E-state index contributed by atoms with van der Waals surface area (Å²) in [6, 6.07) is 0.448. The molecular formula is C7H13NO. The number of hydrogen-bond acceptors (Lipinski definition) is 2. The molecule has 1 rings (SSSR count). The van der Waals surface area contributed by atoms with Gasteiger partial charge < -0.3 is 4.84 Å². The SMILES string of the molecule is CONC1C=CCCC1. The minimum Gasteiger partial charge on any atom is -0.305 e. The van der Waals surface area contributed by atoms with E-state index in [4.69, 9.17) is 4.84 Å².